The van der Waals surface area contributed by atoms with Gasteiger partial charge in [-0.15, -0.1) is 0 Å². The Kier molecular flexibility index (Phi) is 6.08. The van der Waals surface area contributed by atoms with E-state index in [0.29, 0.717) is 11.1 Å². The summed E-state index contributed by atoms with van der Waals surface area (Å²) in [6, 6.07) is 14.8. The molecule has 142 valence electrons. The Labute approximate surface area is 159 Å². The molecule has 6 nitrogen and oxygen atoms in total. The molecule has 1 N–H and O–H groups in total. The summed E-state index contributed by atoms with van der Waals surface area (Å²) in [5.41, 5.74) is 3.23. The van der Waals surface area contributed by atoms with Crippen LogP contribution in [0.1, 0.15) is 20.7 Å². The van der Waals surface area contributed by atoms with Gasteiger partial charge in [0.2, 0.25) is 0 Å². The Morgan fingerprint density at radius 3 is 2.15 bits per heavy atom. The first kappa shape index (κ1) is 18.9. The lowest BCUT2D eigenvalue weighted by Crippen LogP contribution is -2.36. The number of Topliss-reactive ketones (excluding diaryl/α,β-unsaturated/α-hetero) is 1. The highest BCUT2D eigenvalue weighted by Gasteiger charge is 2.13. The molecule has 1 aliphatic heterocycles. The van der Waals surface area contributed by atoms with Crippen molar-refractivity contribution >= 4 is 23.1 Å². The first-order valence-corrected chi connectivity index (χ1v) is 9.06. The molecular weight excluding hydrogens is 342 g/mol. The molecule has 1 heterocycles. The molecule has 0 radical (unpaired) electrons. The Morgan fingerprint density at radius 1 is 0.963 bits per heavy atom. The van der Waals surface area contributed by atoms with E-state index in [4.69, 9.17) is 4.74 Å². The minimum Gasteiger partial charge on any atom is -0.378 e. The molecule has 6 heteroatoms. The Morgan fingerprint density at radius 2 is 1.56 bits per heavy atom. The maximum Gasteiger partial charge on any atom is 0.251 e. The standard InChI is InChI=1S/C21H25N3O3/c1-23(2)18-7-5-17(6-8-18)21(26)22-15-20(25)16-3-9-19(10-4-16)24-11-13-27-14-12-24/h3-10H,11-15H2,1-2H3,(H,22,26). The van der Waals surface area contributed by atoms with Crippen molar-refractivity contribution in [2.45, 2.75) is 0 Å². The normalized spacial score (nSPS) is 13.9. The molecule has 0 bridgehead atoms. The second-order valence-corrected chi connectivity index (χ2v) is 6.69. The highest BCUT2D eigenvalue weighted by molar-refractivity contribution is 6.02. The molecular formula is C21H25N3O3. The van der Waals surface area contributed by atoms with E-state index in [1.165, 1.54) is 0 Å². The quantitative estimate of drug-likeness (QED) is 0.793. The largest absolute Gasteiger partial charge is 0.378 e. The van der Waals surface area contributed by atoms with E-state index in [2.05, 4.69) is 10.2 Å². The molecule has 0 atom stereocenters. The lowest BCUT2D eigenvalue weighted by atomic mass is 10.1. The predicted octanol–water partition coefficient (Wildman–Crippen LogP) is 2.20. The number of rotatable bonds is 6. The van der Waals surface area contributed by atoms with Crippen LogP contribution in [0.15, 0.2) is 48.5 Å². The zero-order valence-corrected chi connectivity index (χ0v) is 15.8. The van der Waals surface area contributed by atoms with E-state index in [0.717, 1.165) is 37.7 Å². The van der Waals surface area contributed by atoms with Gasteiger partial charge in [-0.05, 0) is 48.5 Å². The van der Waals surface area contributed by atoms with Crippen LogP contribution in [0, 0.1) is 0 Å². The number of ketones is 1. The first-order valence-electron chi connectivity index (χ1n) is 9.06. The molecule has 1 saturated heterocycles. The van der Waals surface area contributed by atoms with Gasteiger partial charge in [-0.2, -0.15) is 0 Å². The number of nitrogens with one attached hydrogen (secondary N) is 1. The van der Waals surface area contributed by atoms with Crippen molar-refractivity contribution in [1.29, 1.82) is 0 Å². The van der Waals surface area contributed by atoms with Crippen LogP contribution in [0.3, 0.4) is 0 Å². The van der Waals surface area contributed by atoms with Crippen LogP contribution < -0.4 is 15.1 Å². The number of carbonyl (C=O) groups is 2. The van der Waals surface area contributed by atoms with Gasteiger partial charge < -0.3 is 19.9 Å². The van der Waals surface area contributed by atoms with Crippen LogP contribution in [0.25, 0.3) is 0 Å². The first-order chi connectivity index (χ1) is 13.0. The number of anilines is 2. The number of hydrogen-bond acceptors (Lipinski definition) is 5. The van der Waals surface area contributed by atoms with E-state index in [1.54, 1.807) is 12.1 Å². The fourth-order valence-corrected chi connectivity index (χ4v) is 2.96. The number of carbonyl (C=O) groups excluding carboxylic acids is 2. The maximum absolute atomic E-state index is 12.4. The van der Waals surface area contributed by atoms with Gasteiger partial charge >= 0.3 is 0 Å². The minimum atomic E-state index is -0.251. The smallest absolute Gasteiger partial charge is 0.251 e. The summed E-state index contributed by atoms with van der Waals surface area (Å²) in [6.07, 6.45) is 0. The number of amides is 1. The van der Waals surface area contributed by atoms with Crippen LogP contribution in [0.4, 0.5) is 11.4 Å². The fourth-order valence-electron chi connectivity index (χ4n) is 2.96. The summed E-state index contributed by atoms with van der Waals surface area (Å²) in [4.78, 5) is 28.8. The maximum atomic E-state index is 12.4. The summed E-state index contributed by atoms with van der Waals surface area (Å²) >= 11 is 0. The summed E-state index contributed by atoms with van der Waals surface area (Å²) in [7, 11) is 3.89. The van der Waals surface area contributed by atoms with Crippen molar-refractivity contribution in [3.63, 3.8) is 0 Å². The summed E-state index contributed by atoms with van der Waals surface area (Å²) in [5, 5.41) is 2.69. The van der Waals surface area contributed by atoms with Gasteiger partial charge in [0, 0.05) is 49.7 Å². The molecule has 27 heavy (non-hydrogen) atoms. The lowest BCUT2D eigenvalue weighted by Gasteiger charge is -2.28. The van der Waals surface area contributed by atoms with E-state index in [9.17, 15) is 9.59 Å². The van der Waals surface area contributed by atoms with Crippen molar-refractivity contribution in [2.24, 2.45) is 0 Å². The van der Waals surface area contributed by atoms with Gasteiger partial charge in [-0.25, -0.2) is 0 Å². The third-order valence-electron chi connectivity index (χ3n) is 4.62. The van der Waals surface area contributed by atoms with E-state index in [1.807, 2.05) is 55.4 Å². The third-order valence-corrected chi connectivity index (χ3v) is 4.62. The van der Waals surface area contributed by atoms with Crippen molar-refractivity contribution in [3.05, 3.63) is 59.7 Å². The average molecular weight is 367 g/mol. The van der Waals surface area contributed by atoms with Crippen LogP contribution in [-0.2, 0) is 4.74 Å². The molecule has 2 aromatic carbocycles. The molecule has 2 aromatic rings. The molecule has 3 rings (SSSR count). The number of ether oxygens (including phenoxy) is 1. The van der Waals surface area contributed by atoms with Crippen molar-refractivity contribution < 1.29 is 14.3 Å². The molecule has 0 aliphatic carbocycles. The molecule has 0 saturated carbocycles. The number of hydrogen-bond donors (Lipinski definition) is 1. The summed E-state index contributed by atoms with van der Waals surface area (Å²) in [6.45, 7) is 3.14. The van der Waals surface area contributed by atoms with Crippen molar-refractivity contribution in [1.82, 2.24) is 5.32 Å². The summed E-state index contributed by atoms with van der Waals surface area (Å²) in [5.74, 6) is -0.361. The lowest BCUT2D eigenvalue weighted by molar-refractivity contribution is 0.0904. The van der Waals surface area contributed by atoms with E-state index in [-0.39, 0.29) is 18.2 Å². The minimum absolute atomic E-state index is 0.0227. The van der Waals surface area contributed by atoms with Gasteiger partial charge in [0.05, 0.1) is 19.8 Å². The van der Waals surface area contributed by atoms with Crippen LogP contribution in [-0.4, -0.2) is 58.6 Å². The zero-order valence-electron chi connectivity index (χ0n) is 15.8. The van der Waals surface area contributed by atoms with Crippen molar-refractivity contribution in [2.75, 3.05) is 56.7 Å². The number of benzene rings is 2. The second kappa shape index (κ2) is 8.68. The average Bonchev–Trinajstić information content (AvgIpc) is 2.72. The van der Waals surface area contributed by atoms with Gasteiger partial charge in [0.1, 0.15) is 0 Å². The Balaban J connectivity index is 1.54. The predicted molar refractivity (Wildman–Crippen MR) is 107 cm³/mol. The zero-order chi connectivity index (χ0) is 19.2. The molecule has 0 spiro atoms. The molecule has 0 unspecified atom stereocenters. The highest BCUT2D eigenvalue weighted by Crippen LogP contribution is 2.17. The highest BCUT2D eigenvalue weighted by atomic mass is 16.5. The second-order valence-electron chi connectivity index (χ2n) is 6.69. The van der Waals surface area contributed by atoms with Crippen LogP contribution in [0.2, 0.25) is 0 Å². The molecule has 1 fully saturated rings. The van der Waals surface area contributed by atoms with Crippen LogP contribution >= 0.6 is 0 Å². The monoisotopic (exact) mass is 367 g/mol. The molecule has 1 aliphatic rings. The topological polar surface area (TPSA) is 61.9 Å². The third kappa shape index (κ3) is 4.86. The van der Waals surface area contributed by atoms with Gasteiger partial charge in [0.25, 0.3) is 5.91 Å². The number of morpholine rings is 1. The number of nitrogens with zero attached hydrogens (tertiary/aromatic N) is 2. The fraction of sp³-hybridized carbons (Fsp3) is 0.333. The van der Waals surface area contributed by atoms with Crippen molar-refractivity contribution in [3.8, 4) is 0 Å². The Hall–Kier alpha value is -2.86. The Bertz CT molecular complexity index is 779. The molecule has 0 aromatic heterocycles. The van der Waals surface area contributed by atoms with E-state index >= 15 is 0 Å². The van der Waals surface area contributed by atoms with E-state index < -0.39 is 0 Å². The van der Waals surface area contributed by atoms with Gasteiger partial charge in [0.15, 0.2) is 5.78 Å². The summed E-state index contributed by atoms with van der Waals surface area (Å²) < 4.78 is 5.35. The molecule has 1 amide bonds. The van der Waals surface area contributed by atoms with Gasteiger partial charge in [-0.3, -0.25) is 9.59 Å². The van der Waals surface area contributed by atoms with Gasteiger partial charge in [-0.1, -0.05) is 0 Å². The SMILES string of the molecule is CN(C)c1ccc(C(=O)NCC(=O)c2ccc(N3CCOCC3)cc2)cc1. The van der Waals surface area contributed by atoms with Crippen LogP contribution in [0.5, 0.6) is 0 Å².